The van der Waals surface area contributed by atoms with Gasteiger partial charge in [0.25, 0.3) is 0 Å². The Bertz CT molecular complexity index is 970. The van der Waals surface area contributed by atoms with Crippen molar-refractivity contribution in [3.63, 3.8) is 0 Å². The van der Waals surface area contributed by atoms with E-state index >= 15 is 0 Å². The Morgan fingerprint density at radius 3 is 2.38 bits per heavy atom. The maximum atomic E-state index is 12.7. The van der Waals surface area contributed by atoms with Gasteiger partial charge < -0.3 is 9.84 Å². The normalized spacial score (nSPS) is 16.1. The summed E-state index contributed by atoms with van der Waals surface area (Å²) in [6.45, 7) is 3.16. The van der Waals surface area contributed by atoms with Crippen LogP contribution >= 0.6 is 0 Å². The van der Waals surface area contributed by atoms with Gasteiger partial charge in [0.15, 0.2) is 5.76 Å². The molecule has 0 radical (unpaired) electrons. The predicted octanol–water partition coefficient (Wildman–Crippen LogP) is 4.11. The van der Waals surface area contributed by atoms with Crippen molar-refractivity contribution >= 4 is 33.8 Å². The van der Waals surface area contributed by atoms with Crippen molar-refractivity contribution in [3.05, 3.63) is 41.3 Å². The van der Waals surface area contributed by atoms with E-state index in [2.05, 4.69) is 15.2 Å². The molecule has 2 aromatic rings. The van der Waals surface area contributed by atoms with Gasteiger partial charge in [-0.25, -0.2) is 13.1 Å². The number of hydrogen-bond acceptors (Lipinski definition) is 5. The molecule has 8 heteroatoms. The van der Waals surface area contributed by atoms with Crippen molar-refractivity contribution in [2.75, 3.05) is 5.32 Å². The Morgan fingerprint density at radius 1 is 1.10 bits per heavy atom. The average molecular weight is 418 g/mol. The first-order chi connectivity index (χ1) is 13.8. The van der Waals surface area contributed by atoms with Gasteiger partial charge in [0, 0.05) is 13.0 Å². The molecule has 1 aromatic carbocycles. The number of amides is 1. The minimum Gasteiger partial charge on any atom is -0.354 e. The van der Waals surface area contributed by atoms with Gasteiger partial charge in [0.2, 0.25) is 15.9 Å². The quantitative estimate of drug-likeness (QED) is 0.689. The molecule has 0 atom stereocenters. The highest BCUT2D eigenvalue weighted by Gasteiger charge is 2.21. The highest BCUT2D eigenvalue weighted by atomic mass is 32.2. The summed E-state index contributed by atoms with van der Waals surface area (Å²) < 4.78 is 33.4. The highest BCUT2D eigenvalue weighted by Crippen LogP contribution is 2.23. The lowest BCUT2D eigenvalue weighted by Crippen LogP contribution is -2.34. The van der Waals surface area contributed by atoms with Crippen LogP contribution in [-0.4, -0.2) is 25.5 Å². The summed E-state index contributed by atoms with van der Waals surface area (Å²) in [6.07, 6.45) is 9.75. The number of nitrogens with one attached hydrogen (secondary N) is 2. The number of sulfonamides is 1. The van der Waals surface area contributed by atoms with E-state index < -0.39 is 10.0 Å². The maximum absolute atomic E-state index is 12.7. The second kappa shape index (κ2) is 9.37. The molecule has 0 spiro atoms. The Morgan fingerprint density at radius 2 is 1.76 bits per heavy atom. The van der Waals surface area contributed by atoms with Crippen LogP contribution in [0.3, 0.4) is 0 Å². The lowest BCUT2D eigenvalue weighted by Gasteiger charge is -2.16. The van der Waals surface area contributed by atoms with Gasteiger partial charge in [-0.1, -0.05) is 49.0 Å². The van der Waals surface area contributed by atoms with Crippen LogP contribution in [0.2, 0.25) is 0 Å². The van der Waals surface area contributed by atoms with Crippen molar-refractivity contribution in [1.82, 2.24) is 9.88 Å². The number of aryl methyl sites for hydroxylation is 1. The van der Waals surface area contributed by atoms with Crippen LogP contribution in [-0.2, 0) is 14.8 Å². The molecule has 1 aliphatic carbocycles. The summed E-state index contributed by atoms with van der Waals surface area (Å²) in [5, 5.41) is 6.56. The SMILES string of the molecule is CC(=O)Nc1c(C)noc1C=Cc1ccc(S(=O)(=O)NC2CCCCCC2)cc1. The van der Waals surface area contributed by atoms with Crippen molar-refractivity contribution < 1.29 is 17.7 Å². The van der Waals surface area contributed by atoms with Crippen LogP contribution in [0, 0.1) is 6.92 Å². The van der Waals surface area contributed by atoms with E-state index in [4.69, 9.17) is 4.52 Å². The van der Waals surface area contributed by atoms with Gasteiger partial charge in [0.05, 0.1) is 4.90 Å². The molecule has 1 aliphatic rings. The van der Waals surface area contributed by atoms with Gasteiger partial charge in [0.1, 0.15) is 11.4 Å². The number of anilines is 1. The van der Waals surface area contributed by atoms with E-state index in [9.17, 15) is 13.2 Å². The van der Waals surface area contributed by atoms with E-state index in [-0.39, 0.29) is 16.8 Å². The fraction of sp³-hybridized carbons (Fsp3) is 0.429. The molecule has 29 heavy (non-hydrogen) atoms. The fourth-order valence-electron chi connectivity index (χ4n) is 3.44. The molecular formula is C21H27N3O4S. The van der Waals surface area contributed by atoms with Gasteiger partial charge in [-0.05, 0) is 43.5 Å². The molecular weight excluding hydrogens is 390 g/mol. The van der Waals surface area contributed by atoms with Crippen LogP contribution in [0.5, 0.6) is 0 Å². The minimum atomic E-state index is -3.53. The van der Waals surface area contributed by atoms with E-state index in [1.165, 1.54) is 19.8 Å². The van der Waals surface area contributed by atoms with Crippen LogP contribution in [0.15, 0.2) is 33.7 Å². The zero-order valence-corrected chi connectivity index (χ0v) is 17.6. The highest BCUT2D eigenvalue weighted by molar-refractivity contribution is 7.89. The van der Waals surface area contributed by atoms with Crippen molar-refractivity contribution in [2.24, 2.45) is 0 Å². The first-order valence-electron chi connectivity index (χ1n) is 9.89. The summed E-state index contributed by atoms with van der Waals surface area (Å²) in [5.74, 6) is 0.228. The molecule has 0 unspecified atom stereocenters. The second-order valence-corrected chi connectivity index (χ2v) is 9.11. The number of rotatable bonds is 6. The summed E-state index contributed by atoms with van der Waals surface area (Å²) in [6, 6.07) is 6.68. The maximum Gasteiger partial charge on any atom is 0.240 e. The van der Waals surface area contributed by atoms with Gasteiger partial charge in [-0.3, -0.25) is 4.79 Å². The largest absolute Gasteiger partial charge is 0.354 e. The molecule has 0 saturated heterocycles. The fourth-order valence-corrected chi connectivity index (χ4v) is 4.75. The molecule has 0 aliphatic heterocycles. The van der Waals surface area contributed by atoms with Crippen LogP contribution < -0.4 is 10.0 Å². The van der Waals surface area contributed by atoms with Crippen molar-refractivity contribution in [1.29, 1.82) is 0 Å². The van der Waals surface area contributed by atoms with E-state index in [0.29, 0.717) is 17.1 Å². The zero-order valence-electron chi connectivity index (χ0n) is 16.8. The smallest absolute Gasteiger partial charge is 0.240 e. The molecule has 1 heterocycles. The molecule has 1 fully saturated rings. The van der Waals surface area contributed by atoms with Crippen molar-refractivity contribution in [3.8, 4) is 0 Å². The van der Waals surface area contributed by atoms with E-state index in [0.717, 1.165) is 31.2 Å². The molecule has 1 saturated carbocycles. The lowest BCUT2D eigenvalue weighted by atomic mass is 10.1. The summed E-state index contributed by atoms with van der Waals surface area (Å²) in [4.78, 5) is 11.6. The first kappa shape index (κ1) is 21.3. The van der Waals surface area contributed by atoms with Gasteiger partial charge in [-0.15, -0.1) is 0 Å². The lowest BCUT2D eigenvalue weighted by molar-refractivity contribution is -0.114. The topological polar surface area (TPSA) is 101 Å². The third-order valence-electron chi connectivity index (χ3n) is 4.98. The van der Waals surface area contributed by atoms with Crippen LogP contribution in [0.25, 0.3) is 12.2 Å². The minimum absolute atomic E-state index is 0.0176. The zero-order chi connectivity index (χ0) is 20.9. The van der Waals surface area contributed by atoms with E-state index in [1.807, 2.05) is 0 Å². The second-order valence-electron chi connectivity index (χ2n) is 7.40. The van der Waals surface area contributed by atoms with Crippen LogP contribution in [0.1, 0.15) is 62.5 Å². The number of nitrogens with zero attached hydrogens (tertiary/aromatic N) is 1. The van der Waals surface area contributed by atoms with Crippen LogP contribution in [0.4, 0.5) is 5.69 Å². The third-order valence-corrected chi connectivity index (χ3v) is 6.52. The van der Waals surface area contributed by atoms with Crippen molar-refractivity contribution in [2.45, 2.75) is 63.3 Å². The number of carbonyl (C=O) groups is 1. The molecule has 3 rings (SSSR count). The Labute approximate surface area is 171 Å². The number of carbonyl (C=O) groups excluding carboxylic acids is 1. The standard InChI is InChI=1S/C21H27N3O4S/c1-15-21(22-16(2)25)20(28-23-15)14-11-17-9-12-19(13-10-17)29(26,27)24-18-7-5-3-4-6-8-18/h9-14,18,24H,3-8H2,1-2H3,(H,22,25). The van der Waals surface area contributed by atoms with Gasteiger partial charge in [-0.2, -0.15) is 0 Å². The molecule has 0 bridgehead atoms. The summed E-state index contributed by atoms with van der Waals surface area (Å²) >= 11 is 0. The average Bonchev–Trinajstić information content (AvgIpc) is 2.86. The van der Waals surface area contributed by atoms with E-state index in [1.54, 1.807) is 43.3 Å². The summed E-state index contributed by atoms with van der Waals surface area (Å²) in [7, 11) is -3.53. The Balaban J connectivity index is 1.70. The molecule has 1 aromatic heterocycles. The predicted molar refractivity (Wildman–Crippen MR) is 113 cm³/mol. The summed E-state index contributed by atoms with van der Waals surface area (Å²) in [5.41, 5.74) is 1.92. The number of hydrogen-bond donors (Lipinski definition) is 2. The molecule has 2 N–H and O–H groups in total. The molecule has 1 amide bonds. The number of aromatic nitrogens is 1. The first-order valence-corrected chi connectivity index (χ1v) is 11.4. The Hall–Kier alpha value is -2.45. The van der Waals surface area contributed by atoms with Gasteiger partial charge >= 0.3 is 0 Å². The third kappa shape index (κ3) is 5.77. The molecule has 156 valence electrons. The monoisotopic (exact) mass is 417 g/mol. The number of benzene rings is 1. The molecule has 7 nitrogen and oxygen atoms in total. The Kier molecular flexibility index (Phi) is 6.87.